The van der Waals surface area contributed by atoms with E-state index in [1.165, 1.54) is 0 Å². The van der Waals surface area contributed by atoms with Gasteiger partial charge >= 0.3 is 6.03 Å². The molecule has 0 unspecified atom stereocenters. The third-order valence-electron chi connectivity index (χ3n) is 2.75. The van der Waals surface area contributed by atoms with Gasteiger partial charge in [-0.3, -0.25) is 0 Å². The highest BCUT2D eigenvalue weighted by Gasteiger charge is 2.19. The highest BCUT2D eigenvalue weighted by atomic mass is 16.5. The first kappa shape index (κ1) is 15.5. The molecule has 106 valence electrons. The smallest absolute Gasteiger partial charge is 0.319 e. The lowest BCUT2D eigenvalue weighted by molar-refractivity contribution is 0.185. The zero-order valence-corrected chi connectivity index (χ0v) is 11.7. The molecule has 0 spiro atoms. The Labute approximate surface area is 114 Å². The average molecular weight is 266 g/mol. The predicted molar refractivity (Wildman–Crippen MR) is 75.1 cm³/mol. The number of ether oxygens (including phenoxy) is 1. The molecular formula is C14H22N2O3. The molecule has 1 rings (SSSR count). The summed E-state index contributed by atoms with van der Waals surface area (Å²) >= 11 is 0. The molecule has 19 heavy (non-hydrogen) atoms. The maximum absolute atomic E-state index is 11.9. The molecule has 0 radical (unpaired) electrons. The third-order valence-corrected chi connectivity index (χ3v) is 2.75. The molecule has 0 bridgehead atoms. The largest absolute Gasteiger partial charge is 0.396 e. The lowest BCUT2D eigenvalue weighted by Crippen LogP contribution is -2.46. The SMILES string of the molecule is COCc1ccccc1NC(=O)NC(C)(C)CCO. The number of amides is 2. The summed E-state index contributed by atoms with van der Waals surface area (Å²) < 4.78 is 5.08. The van der Waals surface area contributed by atoms with E-state index in [1.54, 1.807) is 7.11 Å². The van der Waals surface area contributed by atoms with Crippen LogP contribution in [0.1, 0.15) is 25.8 Å². The molecule has 3 N–H and O–H groups in total. The van der Waals surface area contributed by atoms with Gasteiger partial charge in [0, 0.05) is 30.5 Å². The van der Waals surface area contributed by atoms with Crippen molar-refractivity contribution in [3.05, 3.63) is 29.8 Å². The molecular weight excluding hydrogens is 244 g/mol. The second kappa shape index (κ2) is 7.11. The summed E-state index contributed by atoms with van der Waals surface area (Å²) in [5.41, 5.74) is 1.19. The first-order valence-electron chi connectivity index (χ1n) is 6.25. The molecule has 0 fully saturated rings. The van der Waals surface area contributed by atoms with Crippen LogP contribution in [0.2, 0.25) is 0 Å². The fourth-order valence-corrected chi connectivity index (χ4v) is 1.73. The number of hydrogen-bond donors (Lipinski definition) is 3. The molecule has 0 aliphatic rings. The summed E-state index contributed by atoms with van der Waals surface area (Å²) in [5.74, 6) is 0. The fourth-order valence-electron chi connectivity index (χ4n) is 1.73. The minimum Gasteiger partial charge on any atom is -0.396 e. The number of aliphatic hydroxyl groups excluding tert-OH is 1. The lowest BCUT2D eigenvalue weighted by Gasteiger charge is -2.25. The van der Waals surface area contributed by atoms with Gasteiger partial charge in [-0.1, -0.05) is 18.2 Å². The summed E-state index contributed by atoms with van der Waals surface area (Å²) in [6.45, 7) is 4.21. The van der Waals surface area contributed by atoms with E-state index >= 15 is 0 Å². The Hall–Kier alpha value is -1.59. The number of benzene rings is 1. The van der Waals surface area contributed by atoms with E-state index in [4.69, 9.17) is 9.84 Å². The summed E-state index contributed by atoms with van der Waals surface area (Å²) in [4.78, 5) is 11.9. The van der Waals surface area contributed by atoms with Crippen molar-refractivity contribution in [3.8, 4) is 0 Å². The Morgan fingerprint density at radius 1 is 1.37 bits per heavy atom. The number of methoxy groups -OCH3 is 1. The van der Waals surface area contributed by atoms with Crippen LogP contribution in [0.3, 0.4) is 0 Å². The van der Waals surface area contributed by atoms with Crippen molar-refractivity contribution >= 4 is 11.7 Å². The van der Waals surface area contributed by atoms with E-state index in [2.05, 4.69) is 10.6 Å². The van der Waals surface area contributed by atoms with Gasteiger partial charge in [-0.05, 0) is 26.3 Å². The Bertz CT molecular complexity index is 419. The Kier molecular flexibility index (Phi) is 5.79. The van der Waals surface area contributed by atoms with Crippen molar-refractivity contribution in [2.24, 2.45) is 0 Å². The Morgan fingerprint density at radius 3 is 2.68 bits per heavy atom. The average Bonchev–Trinajstić information content (AvgIpc) is 2.31. The van der Waals surface area contributed by atoms with Crippen LogP contribution in [0.5, 0.6) is 0 Å². The molecule has 0 aliphatic carbocycles. The Morgan fingerprint density at radius 2 is 2.05 bits per heavy atom. The number of aliphatic hydroxyl groups is 1. The van der Waals surface area contributed by atoms with E-state index in [1.807, 2.05) is 38.1 Å². The molecule has 0 saturated carbocycles. The van der Waals surface area contributed by atoms with Crippen molar-refractivity contribution < 1.29 is 14.6 Å². The van der Waals surface area contributed by atoms with Gasteiger partial charge in [0.25, 0.3) is 0 Å². The summed E-state index contributed by atoms with van der Waals surface area (Å²) in [5, 5.41) is 14.6. The molecule has 5 heteroatoms. The number of hydrogen-bond acceptors (Lipinski definition) is 3. The van der Waals surface area contributed by atoms with E-state index in [9.17, 15) is 4.79 Å². The van der Waals surface area contributed by atoms with Crippen LogP contribution < -0.4 is 10.6 Å². The molecule has 1 aromatic carbocycles. The normalized spacial score (nSPS) is 11.2. The van der Waals surface area contributed by atoms with Gasteiger partial charge in [0.2, 0.25) is 0 Å². The number of rotatable bonds is 6. The topological polar surface area (TPSA) is 70.6 Å². The maximum atomic E-state index is 11.9. The van der Waals surface area contributed by atoms with Crippen LogP contribution in [0.4, 0.5) is 10.5 Å². The van der Waals surface area contributed by atoms with Crippen LogP contribution in [0, 0.1) is 0 Å². The number of nitrogens with one attached hydrogen (secondary N) is 2. The predicted octanol–water partition coefficient (Wildman–Crippen LogP) is 2.12. The van der Waals surface area contributed by atoms with Gasteiger partial charge in [0.05, 0.1) is 6.61 Å². The van der Waals surface area contributed by atoms with Gasteiger partial charge < -0.3 is 20.5 Å². The van der Waals surface area contributed by atoms with Crippen molar-refractivity contribution in [2.75, 3.05) is 19.0 Å². The highest BCUT2D eigenvalue weighted by molar-refractivity contribution is 5.90. The molecule has 0 atom stereocenters. The highest BCUT2D eigenvalue weighted by Crippen LogP contribution is 2.16. The number of anilines is 1. The van der Waals surface area contributed by atoms with Crippen molar-refractivity contribution in [1.82, 2.24) is 5.32 Å². The molecule has 0 saturated heterocycles. The Balaban J connectivity index is 2.66. The van der Waals surface area contributed by atoms with E-state index in [0.717, 1.165) is 11.3 Å². The minimum atomic E-state index is -0.449. The second-order valence-electron chi connectivity index (χ2n) is 5.03. The van der Waals surface area contributed by atoms with Gasteiger partial charge in [0.1, 0.15) is 0 Å². The third kappa shape index (κ3) is 5.28. The maximum Gasteiger partial charge on any atom is 0.319 e. The van der Waals surface area contributed by atoms with Crippen LogP contribution in [0.25, 0.3) is 0 Å². The standard InChI is InChI=1S/C14H22N2O3/c1-14(2,8-9-17)16-13(18)15-12-7-5-4-6-11(12)10-19-3/h4-7,17H,8-10H2,1-3H3,(H2,15,16,18). The lowest BCUT2D eigenvalue weighted by atomic mass is 10.0. The van der Waals surface area contributed by atoms with Crippen LogP contribution in [-0.4, -0.2) is 30.4 Å². The van der Waals surface area contributed by atoms with Crippen molar-refractivity contribution in [1.29, 1.82) is 0 Å². The van der Waals surface area contributed by atoms with Crippen molar-refractivity contribution in [2.45, 2.75) is 32.4 Å². The zero-order chi connectivity index (χ0) is 14.3. The second-order valence-corrected chi connectivity index (χ2v) is 5.03. The monoisotopic (exact) mass is 266 g/mol. The van der Waals surface area contributed by atoms with Gasteiger partial charge in [0.15, 0.2) is 0 Å². The van der Waals surface area contributed by atoms with E-state index in [0.29, 0.717) is 13.0 Å². The van der Waals surface area contributed by atoms with Gasteiger partial charge in [-0.15, -0.1) is 0 Å². The van der Waals surface area contributed by atoms with Gasteiger partial charge in [-0.25, -0.2) is 4.79 Å². The van der Waals surface area contributed by atoms with Crippen LogP contribution in [-0.2, 0) is 11.3 Å². The number of urea groups is 1. The van der Waals surface area contributed by atoms with Crippen molar-refractivity contribution in [3.63, 3.8) is 0 Å². The fraction of sp³-hybridized carbons (Fsp3) is 0.500. The first-order chi connectivity index (χ1) is 8.98. The molecule has 0 aliphatic heterocycles. The molecule has 2 amide bonds. The molecule has 0 heterocycles. The summed E-state index contributed by atoms with van der Waals surface area (Å²) in [6.07, 6.45) is 0.500. The van der Waals surface area contributed by atoms with Gasteiger partial charge in [-0.2, -0.15) is 0 Å². The van der Waals surface area contributed by atoms with Crippen LogP contribution >= 0.6 is 0 Å². The van der Waals surface area contributed by atoms with E-state index in [-0.39, 0.29) is 12.6 Å². The number of carbonyl (C=O) groups is 1. The minimum absolute atomic E-state index is 0.0353. The number of para-hydroxylation sites is 1. The molecule has 5 nitrogen and oxygen atoms in total. The zero-order valence-electron chi connectivity index (χ0n) is 11.7. The number of carbonyl (C=O) groups excluding carboxylic acids is 1. The summed E-state index contributed by atoms with van der Waals surface area (Å²) in [6, 6.07) is 7.19. The molecule has 0 aromatic heterocycles. The van der Waals surface area contributed by atoms with E-state index < -0.39 is 5.54 Å². The summed E-state index contributed by atoms with van der Waals surface area (Å²) in [7, 11) is 1.61. The molecule has 1 aromatic rings. The first-order valence-corrected chi connectivity index (χ1v) is 6.25. The van der Waals surface area contributed by atoms with Crippen LogP contribution in [0.15, 0.2) is 24.3 Å². The quantitative estimate of drug-likeness (QED) is 0.738.